The van der Waals surface area contributed by atoms with Gasteiger partial charge in [0.1, 0.15) is 0 Å². The Morgan fingerprint density at radius 1 is 1.05 bits per heavy atom. The van der Waals surface area contributed by atoms with Gasteiger partial charge in [0.05, 0.1) is 16.2 Å². The molecule has 3 aromatic rings. The number of fused-ring (bicyclic) bond motifs is 1. The van der Waals surface area contributed by atoms with E-state index in [1.165, 1.54) is 0 Å². The summed E-state index contributed by atoms with van der Waals surface area (Å²) in [6.45, 7) is 6.46. The molecule has 0 saturated heterocycles. The van der Waals surface area contributed by atoms with Gasteiger partial charge in [0.15, 0.2) is 0 Å². The summed E-state index contributed by atoms with van der Waals surface area (Å²) < 4.78 is 1.88. The van der Waals surface area contributed by atoms with Gasteiger partial charge < -0.3 is 0 Å². The molecule has 0 N–H and O–H groups in total. The summed E-state index contributed by atoms with van der Waals surface area (Å²) in [4.78, 5) is 4.02. The van der Waals surface area contributed by atoms with Gasteiger partial charge in [0, 0.05) is 35.1 Å². The average molecular weight is 310 g/mol. The van der Waals surface area contributed by atoms with Crippen LogP contribution in [0.1, 0.15) is 37.6 Å². The number of aromatic nitrogens is 3. The van der Waals surface area contributed by atoms with Gasteiger partial charge >= 0.3 is 0 Å². The van der Waals surface area contributed by atoms with Crippen molar-refractivity contribution in [3.63, 3.8) is 0 Å². The number of pyridine rings is 2. The molecular weight excluding hydrogens is 294 g/mol. The third-order valence-electron chi connectivity index (χ3n) is 3.28. The molecular formula is C18H16ClN3. The molecule has 3 heterocycles. The second kappa shape index (κ2) is 5.47. The van der Waals surface area contributed by atoms with Crippen LogP contribution in [-0.2, 0) is 5.41 Å². The topological polar surface area (TPSA) is 30.2 Å². The summed E-state index contributed by atoms with van der Waals surface area (Å²) in [7, 11) is 0. The highest BCUT2D eigenvalue weighted by Crippen LogP contribution is 2.22. The Kier molecular flexibility index (Phi) is 3.64. The summed E-state index contributed by atoms with van der Waals surface area (Å²) >= 11 is 5.91. The van der Waals surface area contributed by atoms with Crippen molar-refractivity contribution in [2.24, 2.45) is 0 Å². The molecule has 3 aromatic heterocycles. The number of hydrogen-bond acceptors (Lipinski definition) is 2. The first kappa shape index (κ1) is 14.6. The Bertz CT molecular complexity index is 892. The Hall–Kier alpha value is -2.31. The molecule has 22 heavy (non-hydrogen) atoms. The highest BCUT2D eigenvalue weighted by atomic mass is 35.5. The summed E-state index contributed by atoms with van der Waals surface area (Å²) in [6, 6.07) is 7.93. The number of nitrogens with zero attached hydrogens (tertiary/aromatic N) is 3. The van der Waals surface area contributed by atoms with Gasteiger partial charge in [-0.05, 0) is 24.3 Å². The van der Waals surface area contributed by atoms with E-state index in [1.54, 1.807) is 18.5 Å². The van der Waals surface area contributed by atoms with Crippen LogP contribution >= 0.6 is 11.6 Å². The molecule has 3 nitrogen and oxygen atoms in total. The Labute approximate surface area is 135 Å². The standard InChI is InChI=1S/C18H16ClN3/c1-18(2,3)17-9-16-7-6-13(12-22(16)21-17)4-5-14-8-15(19)11-20-10-14/h6-12H,1-3H3. The second-order valence-electron chi connectivity index (χ2n) is 6.21. The smallest absolute Gasteiger partial charge is 0.0688 e. The Balaban J connectivity index is 1.96. The molecule has 0 aliphatic heterocycles. The zero-order chi connectivity index (χ0) is 15.7. The molecule has 0 fully saturated rings. The lowest BCUT2D eigenvalue weighted by molar-refractivity contribution is 0.562. The van der Waals surface area contributed by atoms with Crippen molar-refractivity contribution in [2.75, 3.05) is 0 Å². The van der Waals surface area contributed by atoms with E-state index in [0.717, 1.165) is 22.3 Å². The van der Waals surface area contributed by atoms with Crippen molar-refractivity contribution < 1.29 is 0 Å². The molecule has 0 bridgehead atoms. The fraction of sp³-hybridized carbons (Fsp3) is 0.222. The van der Waals surface area contributed by atoms with E-state index in [0.29, 0.717) is 5.02 Å². The SMILES string of the molecule is CC(C)(C)c1cc2ccc(C#Cc3cncc(Cl)c3)cn2n1. The van der Waals surface area contributed by atoms with Crippen LogP contribution in [0.3, 0.4) is 0 Å². The van der Waals surface area contributed by atoms with E-state index in [9.17, 15) is 0 Å². The highest BCUT2D eigenvalue weighted by Gasteiger charge is 2.17. The van der Waals surface area contributed by atoms with Crippen LogP contribution in [0.2, 0.25) is 5.02 Å². The lowest BCUT2D eigenvalue weighted by atomic mass is 9.92. The van der Waals surface area contributed by atoms with Gasteiger partial charge in [-0.15, -0.1) is 0 Å². The number of rotatable bonds is 0. The highest BCUT2D eigenvalue weighted by molar-refractivity contribution is 6.30. The van der Waals surface area contributed by atoms with E-state index in [4.69, 9.17) is 11.6 Å². The zero-order valence-electron chi connectivity index (χ0n) is 12.8. The normalized spacial score (nSPS) is 11.3. The lowest BCUT2D eigenvalue weighted by Crippen LogP contribution is -2.11. The third kappa shape index (κ3) is 3.13. The maximum absolute atomic E-state index is 5.91. The van der Waals surface area contributed by atoms with Gasteiger partial charge in [0.25, 0.3) is 0 Å². The van der Waals surface area contributed by atoms with Gasteiger partial charge in [0.2, 0.25) is 0 Å². The molecule has 0 amide bonds. The summed E-state index contributed by atoms with van der Waals surface area (Å²) in [5, 5.41) is 5.22. The first-order valence-electron chi connectivity index (χ1n) is 7.04. The maximum Gasteiger partial charge on any atom is 0.0688 e. The van der Waals surface area contributed by atoms with E-state index >= 15 is 0 Å². The summed E-state index contributed by atoms with van der Waals surface area (Å²) in [6.07, 6.45) is 5.23. The molecule has 0 aliphatic rings. The van der Waals surface area contributed by atoms with Crippen LogP contribution in [0.5, 0.6) is 0 Å². The van der Waals surface area contributed by atoms with Crippen molar-refractivity contribution in [3.8, 4) is 11.8 Å². The molecule has 4 heteroatoms. The maximum atomic E-state index is 5.91. The molecule has 3 rings (SSSR count). The van der Waals surface area contributed by atoms with E-state index < -0.39 is 0 Å². The van der Waals surface area contributed by atoms with Gasteiger partial charge in [-0.3, -0.25) is 4.98 Å². The fourth-order valence-electron chi connectivity index (χ4n) is 2.05. The molecule has 0 spiro atoms. The average Bonchev–Trinajstić information content (AvgIpc) is 2.88. The van der Waals surface area contributed by atoms with Crippen LogP contribution in [0, 0.1) is 11.8 Å². The van der Waals surface area contributed by atoms with Crippen molar-refractivity contribution in [1.29, 1.82) is 0 Å². The van der Waals surface area contributed by atoms with Crippen LogP contribution in [0.4, 0.5) is 0 Å². The molecule has 110 valence electrons. The zero-order valence-corrected chi connectivity index (χ0v) is 13.5. The van der Waals surface area contributed by atoms with Crippen molar-refractivity contribution in [1.82, 2.24) is 14.6 Å². The molecule has 0 radical (unpaired) electrons. The Morgan fingerprint density at radius 2 is 1.82 bits per heavy atom. The van der Waals surface area contributed by atoms with Crippen molar-refractivity contribution in [2.45, 2.75) is 26.2 Å². The molecule has 0 unspecified atom stereocenters. The van der Waals surface area contributed by atoms with E-state index in [2.05, 4.69) is 48.8 Å². The molecule has 0 aliphatic carbocycles. The first-order chi connectivity index (χ1) is 10.4. The Morgan fingerprint density at radius 3 is 2.55 bits per heavy atom. The first-order valence-corrected chi connectivity index (χ1v) is 7.42. The molecule has 0 atom stereocenters. The largest absolute Gasteiger partial charge is 0.262 e. The van der Waals surface area contributed by atoms with Crippen LogP contribution in [0.15, 0.2) is 42.9 Å². The lowest BCUT2D eigenvalue weighted by Gasteiger charge is -2.13. The summed E-state index contributed by atoms with van der Waals surface area (Å²) in [5.41, 5.74) is 3.86. The number of halogens is 1. The fourth-order valence-corrected chi connectivity index (χ4v) is 2.23. The number of hydrogen-bond donors (Lipinski definition) is 0. The monoisotopic (exact) mass is 309 g/mol. The van der Waals surface area contributed by atoms with Gasteiger partial charge in [-0.25, -0.2) is 4.52 Å². The van der Waals surface area contributed by atoms with Crippen molar-refractivity contribution >= 4 is 17.1 Å². The van der Waals surface area contributed by atoms with Crippen LogP contribution in [-0.4, -0.2) is 14.6 Å². The predicted octanol–water partition coefficient (Wildman–Crippen LogP) is 4.08. The van der Waals surface area contributed by atoms with Crippen LogP contribution < -0.4 is 0 Å². The summed E-state index contributed by atoms with van der Waals surface area (Å²) in [5.74, 6) is 6.18. The molecule has 0 aromatic carbocycles. The van der Waals surface area contributed by atoms with Crippen molar-refractivity contribution in [3.05, 3.63) is 64.7 Å². The molecule has 0 saturated carbocycles. The quantitative estimate of drug-likeness (QED) is 0.586. The van der Waals surface area contributed by atoms with Crippen LogP contribution in [0.25, 0.3) is 5.52 Å². The minimum absolute atomic E-state index is 0.0321. The second-order valence-corrected chi connectivity index (χ2v) is 6.65. The van der Waals surface area contributed by atoms with Gasteiger partial charge in [-0.2, -0.15) is 5.10 Å². The third-order valence-corrected chi connectivity index (χ3v) is 3.49. The van der Waals surface area contributed by atoms with E-state index in [1.807, 2.05) is 22.8 Å². The van der Waals surface area contributed by atoms with Gasteiger partial charge in [-0.1, -0.05) is 44.2 Å². The minimum Gasteiger partial charge on any atom is -0.262 e. The predicted molar refractivity (Wildman–Crippen MR) is 89.1 cm³/mol. The van der Waals surface area contributed by atoms with E-state index in [-0.39, 0.29) is 5.41 Å². The minimum atomic E-state index is 0.0321.